The predicted molar refractivity (Wildman–Crippen MR) is 109 cm³/mol. The van der Waals surface area contributed by atoms with Gasteiger partial charge in [-0.25, -0.2) is 0 Å². The number of allylic oxidation sites excluding steroid dienone is 4. The molecule has 0 saturated carbocycles. The highest BCUT2D eigenvalue weighted by atomic mass is 28.3. The van der Waals surface area contributed by atoms with Crippen LogP contribution in [0.4, 0.5) is 0 Å². The van der Waals surface area contributed by atoms with Gasteiger partial charge in [0.25, 0.3) is 0 Å². The SMILES string of the molecule is CC1=CC(C)([Si](C)(c2ccccc2)c2ccccc2C)C(C)=C1C. The zero-order valence-electron chi connectivity index (χ0n) is 15.8. The van der Waals surface area contributed by atoms with Gasteiger partial charge in [-0.2, -0.15) is 0 Å². The van der Waals surface area contributed by atoms with Crippen molar-refractivity contribution in [3.63, 3.8) is 0 Å². The Hall–Kier alpha value is -1.86. The van der Waals surface area contributed by atoms with Gasteiger partial charge in [0.2, 0.25) is 0 Å². The summed E-state index contributed by atoms with van der Waals surface area (Å²) in [6.07, 6.45) is 2.54. The van der Waals surface area contributed by atoms with E-state index in [0.29, 0.717) is 0 Å². The van der Waals surface area contributed by atoms with Crippen molar-refractivity contribution in [1.29, 1.82) is 0 Å². The first-order valence-electron chi connectivity index (χ1n) is 8.82. The molecule has 124 valence electrons. The summed E-state index contributed by atoms with van der Waals surface area (Å²) in [4.78, 5) is 0. The third kappa shape index (κ3) is 2.26. The van der Waals surface area contributed by atoms with Crippen LogP contribution in [-0.2, 0) is 0 Å². The van der Waals surface area contributed by atoms with E-state index in [4.69, 9.17) is 0 Å². The summed E-state index contributed by atoms with van der Waals surface area (Å²) in [5.41, 5.74) is 5.88. The highest BCUT2D eigenvalue weighted by Crippen LogP contribution is 2.52. The molecule has 0 heterocycles. The number of benzene rings is 2. The molecule has 2 aromatic rings. The zero-order valence-corrected chi connectivity index (χ0v) is 16.8. The molecule has 2 aromatic carbocycles. The Kier molecular flexibility index (Phi) is 4.17. The molecule has 2 unspecified atom stereocenters. The van der Waals surface area contributed by atoms with E-state index in [1.54, 1.807) is 10.8 Å². The molecule has 0 radical (unpaired) electrons. The van der Waals surface area contributed by atoms with Crippen molar-refractivity contribution in [2.45, 2.75) is 46.2 Å². The zero-order chi connectivity index (χ0) is 17.5. The van der Waals surface area contributed by atoms with Crippen LogP contribution in [0, 0.1) is 6.92 Å². The summed E-state index contributed by atoms with van der Waals surface area (Å²) in [7, 11) is -2.02. The lowest BCUT2D eigenvalue weighted by Gasteiger charge is -2.44. The molecular weight excluding hydrogens is 304 g/mol. The average Bonchev–Trinajstić information content (AvgIpc) is 2.79. The number of aryl methyl sites for hydroxylation is 1. The maximum atomic E-state index is 2.55. The third-order valence-corrected chi connectivity index (χ3v) is 12.2. The van der Waals surface area contributed by atoms with E-state index >= 15 is 0 Å². The first kappa shape index (κ1) is 17.0. The Morgan fingerprint density at radius 1 is 0.792 bits per heavy atom. The van der Waals surface area contributed by atoms with E-state index in [1.807, 2.05) is 0 Å². The van der Waals surface area contributed by atoms with E-state index in [1.165, 1.54) is 21.9 Å². The molecule has 0 nitrogen and oxygen atoms in total. The van der Waals surface area contributed by atoms with E-state index in [2.05, 4.69) is 102 Å². The average molecular weight is 333 g/mol. The standard InChI is InChI=1S/C23H28Si/c1-17-12-10-11-15-22(17)24(6,21-13-8-7-9-14-21)23(5)16-18(2)19(3)20(23)4/h7-16H,1-6H3. The summed E-state index contributed by atoms with van der Waals surface area (Å²) < 4.78 is 0. The maximum Gasteiger partial charge on any atom is 0.128 e. The quantitative estimate of drug-likeness (QED) is 0.674. The van der Waals surface area contributed by atoms with Crippen LogP contribution in [0.3, 0.4) is 0 Å². The van der Waals surface area contributed by atoms with Gasteiger partial charge in [-0.05, 0) is 33.3 Å². The van der Waals surface area contributed by atoms with Crippen molar-refractivity contribution in [3.05, 3.63) is 83.0 Å². The largest absolute Gasteiger partial charge is 0.128 e. The minimum absolute atomic E-state index is 0.106. The van der Waals surface area contributed by atoms with Crippen molar-refractivity contribution in [2.75, 3.05) is 0 Å². The molecule has 1 aliphatic rings. The maximum absolute atomic E-state index is 2.55. The molecule has 0 amide bonds. The van der Waals surface area contributed by atoms with Crippen molar-refractivity contribution >= 4 is 18.4 Å². The molecule has 3 rings (SSSR count). The van der Waals surface area contributed by atoms with Crippen LogP contribution in [0.2, 0.25) is 11.6 Å². The fraction of sp³-hybridized carbons (Fsp3) is 0.304. The molecular formula is C23H28Si. The lowest BCUT2D eigenvalue weighted by atomic mass is 10.0. The van der Waals surface area contributed by atoms with Gasteiger partial charge in [0, 0.05) is 5.04 Å². The summed E-state index contributed by atoms with van der Waals surface area (Å²) in [6, 6.07) is 20.2. The highest BCUT2D eigenvalue weighted by Gasteiger charge is 2.51. The number of hydrogen-bond donors (Lipinski definition) is 0. The van der Waals surface area contributed by atoms with Crippen LogP contribution >= 0.6 is 0 Å². The van der Waals surface area contributed by atoms with Gasteiger partial charge in [-0.15, -0.1) is 0 Å². The molecule has 0 aromatic heterocycles. The first-order valence-corrected chi connectivity index (χ1v) is 11.3. The number of hydrogen-bond acceptors (Lipinski definition) is 0. The molecule has 0 saturated heterocycles. The van der Waals surface area contributed by atoms with Crippen molar-refractivity contribution in [3.8, 4) is 0 Å². The molecule has 0 aliphatic heterocycles. The smallest absolute Gasteiger partial charge is 0.0733 e. The van der Waals surface area contributed by atoms with Gasteiger partial charge in [0.15, 0.2) is 0 Å². The van der Waals surface area contributed by atoms with Crippen molar-refractivity contribution < 1.29 is 0 Å². The van der Waals surface area contributed by atoms with Gasteiger partial charge in [-0.1, -0.05) is 101 Å². The number of rotatable bonds is 3. The summed E-state index contributed by atoms with van der Waals surface area (Å²) >= 11 is 0. The Morgan fingerprint density at radius 3 is 1.92 bits per heavy atom. The Balaban J connectivity index is 2.36. The highest BCUT2D eigenvalue weighted by molar-refractivity contribution is 7.04. The second kappa shape index (κ2) is 5.89. The predicted octanol–water partition coefficient (Wildman–Crippen LogP) is 5.24. The molecule has 0 fully saturated rings. The second-order valence-corrected chi connectivity index (χ2v) is 12.0. The summed E-state index contributed by atoms with van der Waals surface area (Å²) in [5.74, 6) is 0. The van der Waals surface area contributed by atoms with Crippen LogP contribution in [-0.4, -0.2) is 8.07 Å². The Bertz CT molecular complexity index is 828. The molecule has 2 atom stereocenters. The fourth-order valence-electron chi connectivity index (χ4n) is 4.49. The lowest BCUT2D eigenvalue weighted by Crippen LogP contribution is -2.63. The van der Waals surface area contributed by atoms with Gasteiger partial charge in [0.1, 0.15) is 8.07 Å². The van der Waals surface area contributed by atoms with E-state index in [9.17, 15) is 0 Å². The van der Waals surface area contributed by atoms with Crippen molar-refractivity contribution in [2.24, 2.45) is 0 Å². The van der Waals surface area contributed by atoms with E-state index in [-0.39, 0.29) is 5.04 Å². The Morgan fingerprint density at radius 2 is 1.38 bits per heavy atom. The summed E-state index contributed by atoms with van der Waals surface area (Å²) in [5, 5.41) is 3.17. The van der Waals surface area contributed by atoms with Crippen LogP contribution in [0.5, 0.6) is 0 Å². The van der Waals surface area contributed by atoms with Gasteiger partial charge in [-0.3, -0.25) is 0 Å². The van der Waals surface area contributed by atoms with Crippen LogP contribution in [0.15, 0.2) is 77.4 Å². The van der Waals surface area contributed by atoms with Crippen LogP contribution in [0.1, 0.15) is 33.3 Å². The second-order valence-electron chi connectivity index (χ2n) is 7.59. The third-order valence-electron chi connectivity index (χ3n) is 6.51. The first-order chi connectivity index (χ1) is 11.3. The van der Waals surface area contributed by atoms with Gasteiger partial charge >= 0.3 is 0 Å². The molecule has 0 bridgehead atoms. The Labute approximate surface area is 147 Å². The topological polar surface area (TPSA) is 0 Å². The normalized spacial score (nSPS) is 23.2. The molecule has 24 heavy (non-hydrogen) atoms. The fourth-order valence-corrected chi connectivity index (χ4v) is 9.57. The molecule has 1 heteroatoms. The molecule has 0 N–H and O–H groups in total. The minimum Gasteiger partial charge on any atom is -0.0733 e. The van der Waals surface area contributed by atoms with Gasteiger partial charge < -0.3 is 0 Å². The lowest BCUT2D eigenvalue weighted by molar-refractivity contribution is 0.864. The van der Waals surface area contributed by atoms with Crippen LogP contribution < -0.4 is 10.4 Å². The minimum atomic E-state index is -2.02. The van der Waals surface area contributed by atoms with Crippen LogP contribution in [0.25, 0.3) is 0 Å². The van der Waals surface area contributed by atoms with E-state index in [0.717, 1.165) is 0 Å². The summed E-state index contributed by atoms with van der Waals surface area (Å²) in [6.45, 7) is 14.2. The molecule has 0 spiro atoms. The monoisotopic (exact) mass is 332 g/mol. The van der Waals surface area contributed by atoms with Crippen molar-refractivity contribution in [1.82, 2.24) is 0 Å². The van der Waals surface area contributed by atoms with E-state index < -0.39 is 8.07 Å². The van der Waals surface area contributed by atoms with Gasteiger partial charge in [0.05, 0.1) is 0 Å². The molecule has 1 aliphatic carbocycles.